The molecule has 2 atom stereocenters. The molecule has 0 radical (unpaired) electrons. The molecule has 0 spiro atoms. The maximum atomic E-state index is 14.5. The number of carbonyl (C=O) groups is 1. The highest BCUT2D eigenvalue weighted by molar-refractivity contribution is 8.30. The molecule has 0 saturated carbocycles. The van der Waals surface area contributed by atoms with Gasteiger partial charge in [0.05, 0.1) is 10.3 Å². The first kappa shape index (κ1) is 21.5. The van der Waals surface area contributed by atoms with Crippen molar-refractivity contribution in [2.45, 2.75) is 57.4 Å². The Morgan fingerprint density at radius 2 is 1.96 bits per heavy atom. The fourth-order valence-electron chi connectivity index (χ4n) is 3.02. The molecule has 27 heavy (non-hydrogen) atoms. The Kier molecular flexibility index (Phi) is 5.31. The zero-order valence-corrected chi connectivity index (χ0v) is 17.8. The molecule has 4 N–H and O–H groups in total. The number of benzene rings is 1. The third kappa shape index (κ3) is 4.38. The zero-order chi connectivity index (χ0) is 20.8. The van der Waals surface area contributed by atoms with Crippen molar-refractivity contribution >= 4 is 27.9 Å². The second-order valence-electron chi connectivity index (χ2n) is 8.80. The fraction of sp³-hybridized carbons (Fsp3) is 0.579. The molecule has 0 aliphatic carbocycles. The second kappa shape index (κ2) is 6.67. The van der Waals surface area contributed by atoms with E-state index in [1.807, 2.05) is 13.8 Å². The Labute approximate surface area is 161 Å². The van der Waals surface area contributed by atoms with Gasteiger partial charge in [-0.1, -0.05) is 0 Å². The molecule has 1 aliphatic rings. The summed E-state index contributed by atoms with van der Waals surface area (Å²) >= 11 is 0. The van der Waals surface area contributed by atoms with E-state index in [1.54, 1.807) is 34.0 Å². The van der Waals surface area contributed by atoms with Crippen LogP contribution in [0.4, 0.5) is 14.9 Å². The maximum absolute atomic E-state index is 14.5. The SMILES string of the molecule is CC(C)(C)OC(=O)NC1=N[C@](C)(c2cc(N)ccc2F)CS(C)(O)C1(C)C. The number of halogens is 1. The molecule has 6 nitrogen and oxygen atoms in total. The summed E-state index contributed by atoms with van der Waals surface area (Å²) < 4.78 is 30.3. The predicted molar refractivity (Wildman–Crippen MR) is 110 cm³/mol. The van der Waals surface area contributed by atoms with Crippen molar-refractivity contribution in [3.63, 3.8) is 0 Å². The summed E-state index contributed by atoms with van der Waals surface area (Å²) in [4.78, 5) is 17.0. The maximum Gasteiger partial charge on any atom is 0.413 e. The molecule has 0 bridgehead atoms. The quantitative estimate of drug-likeness (QED) is 0.615. The van der Waals surface area contributed by atoms with E-state index in [9.17, 15) is 13.7 Å². The van der Waals surface area contributed by atoms with Gasteiger partial charge < -0.3 is 15.0 Å². The van der Waals surface area contributed by atoms with Crippen LogP contribution in [-0.4, -0.2) is 38.8 Å². The first-order valence-electron chi connectivity index (χ1n) is 8.71. The Bertz CT molecular complexity index is 787. The van der Waals surface area contributed by atoms with Crippen LogP contribution in [0.25, 0.3) is 0 Å². The molecule has 0 fully saturated rings. The molecule has 1 amide bonds. The lowest BCUT2D eigenvalue weighted by Crippen LogP contribution is -2.55. The highest BCUT2D eigenvalue weighted by atomic mass is 32.3. The summed E-state index contributed by atoms with van der Waals surface area (Å²) in [5, 5.41) is 2.68. The van der Waals surface area contributed by atoms with E-state index in [1.165, 1.54) is 18.2 Å². The number of amides is 1. The van der Waals surface area contributed by atoms with E-state index < -0.39 is 38.1 Å². The van der Waals surface area contributed by atoms with Crippen LogP contribution < -0.4 is 11.1 Å². The number of carbonyl (C=O) groups excluding carboxylic acids is 1. The summed E-state index contributed by atoms with van der Waals surface area (Å²) in [6, 6.07) is 4.29. The molecule has 1 aromatic carbocycles. The largest absolute Gasteiger partial charge is 0.444 e. The van der Waals surface area contributed by atoms with Gasteiger partial charge in [0.2, 0.25) is 0 Å². The van der Waals surface area contributed by atoms with Gasteiger partial charge in [0.1, 0.15) is 17.3 Å². The monoisotopic (exact) mass is 399 g/mol. The average molecular weight is 400 g/mol. The van der Waals surface area contributed by atoms with E-state index in [2.05, 4.69) is 10.3 Å². The number of amidine groups is 1. The zero-order valence-electron chi connectivity index (χ0n) is 17.0. The van der Waals surface area contributed by atoms with Crippen molar-refractivity contribution in [1.82, 2.24) is 5.32 Å². The van der Waals surface area contributed by atoms with E-state index >= 15 is 0 Å². The molecular weight excluding hydrogens is 369 g/mol. The van der Waals surface area contributed by atoms with E-state index in [0.29, 0.717) is 5.69 Å². The number of hydrogen-bond acceptors (Lipinski definition) is 5. The number of nitrogens with zero attached hydrogens (tertiary/aromatic N) is 1. The minimum atomic E-state index is -2.29. The topological polar surface area (TPSA) is 96.9 Å². The minimum Gasteiger partial charge on any atom is -0.444 e. The van der Waals surface area contributed by atoms with Crippen molar-refractivity contribution < 1.29 is 18.5 Å². The molecule has 152 valence electrons. The number of nitrogen functional groups attached to an aromatic ring is 1. The third-order valence-corrected chi connectivity index (χ3v) is 8.30. The van der Waals surface area contributed by atoms with Gasteiger partial charge in [-0.15, -0.1) is 10.3 Å². The van der Waals surface area contributed by atoms with Gasteiger partial charge in [-0.25, -0.2) is 9.18 Å². The summed E-state index contributed by atoms with van der Waals surface area (Å²) in [6.07, 6.45) is 1.07. The van der Waals surface area contributed by atoms with Crippen molar-refractivity contribution in [2.75, 3.05) is 17.7 Å². The molecule has 2 rings (SSSR count). The summed E-state index contributed by atoms with van der Waals surface area (Å²) in [6.45, 7) is 10.6. The molecule has 1 aromatic rings. The van der Waals surface area contributed by atoms with Crippen LogP contribution in [0.3, 0.4) is 0 Å². The van der Waals surface area contributed by atoms with E-state index in [-0.39, 0.29) is 17.2 Å². The Morgan fingerprint density at radius 1 is 1.37 bits per heavy atom. The van der Waals surface area contributed by atoms with Crippen LogP contribution in [0.15, 0.2) is 23.2 Å². The molecular formula is C19H30FN3O3S. The van der Waals surface area contributed by atoms with Crippen LogP contribution in [0, 0.1) is 5.82 Å². The van der Waals surface area contributed by atoms with E-state index in [4.69, 9.17) is 10.5 Å². The normalized spacial score (nSPS) is 30.0. The highest BCUT2D eigenvalue weighted by Crippen LogP contribution is 2.60. The van der Waals surface area contributed by atoms with E-state index in [0.717, 1.165) is 0 Å². The molecule has 8 heteroatoms. The van der Waals surface area contributed by atoms with Gasteiger partial charge in [-0.3, -0.25) is 10.3 Å². The lowest BCUT2D eigenvalue weighted by molar-refractivity contribution is 0.0560. The van der Waals surface area contributed by atoms with Crippen molar-refractivity contribution in [3.8, 4) is 0 Å². The predicted octanol–water partition coefficient (Wildman–Crippen LogP) is 4.25. The summed E-state index contributed by atoms with van der Waals surface area (Å²) in [7, 11) is -2.29. The highest BCUT2D eigenvalue weighted by Gasteiger charge is 2.50. The fourth-order valence-corrected chi connectivity index (χ4v) is 5.21. The summed E-state index contributed by atoms with van der Waals surface area (Å²) in [5.74, 6) is 0.0571. The van der Waals surface area contributed by atoms with Crippen LogP contribution in [0.1, 0.15) is 47.1 Å². The average Bonchev–Trinajstić information content (AvgIpc) is 2.45. The van der Waals surface area contributed by atoms with Gasteiger partial charge in [-0.05, 0) is 66.0 Å². The number of ether oxygens (including phenoxy) is 1. The van der Waals surface area contributed by atoms with Crippen LogP contribution in [-0.2, 0) is 10.3 Å². The first-order valence-corrected chi connectivity index (χ1v) is 10.9. The molecule has 0 saturated heterocycles. The molecule has 1 heterocycles. The minimum absolute atomic E-state index is 0.243. The van der Waals surface area contributed by atoms with Crippen LogP contribution >= 0.6 is 10.3 Å². The van der Waals surface area contributed by atoms with Crippen LogP contribution in [0.2, 0.25) is 0 Å². The first-order chi connectivity index (χ1) is 12.1. The smallest absolute Gasteiger partial charge is 0.413 e. The van der Waals surface area contributed by atoms with Crippen molar-refractivity contribution in [3.05, 3.63) is 29.6 Å². The van der Waals surface area contributed by atoms with Gasteiger partial charge >= 0.3 is 6.09 Å². The Morgan fingerprint density at radius 3 is 2.52 bits per heavy atom. The van der Waals surface area contributed by atoms with Gasteiger partial charge in [0, 0.05) is 17.0 Å². The van der Waals surface area contributed by atoms with Gasteiger partial charge in [0.15, 0.2) is 0 Å². The van der Waals surface area contributed by atoms with Gasteiger partial charge in [0.25, 0.3) is 0 Å². The molecule has 1 unspecified atom stereocenters. The number of rotatable bonds is 1. The standard InChI is InChI=1S/C19H30FN3O3S/c1-17(2,3)26-16(24)22-15-18(4,5)27(7,25)11-19(6,23-15)13-10-12(21)8-9-14(13)20/h8-10,25H,11,21H2,1-7H3,(H,22,23,24)/t19-/m0/s1. The van der Waals surface area contributed by atoms with Gasteiger partial charge in [-0.2, -0.15) is 0 Å². The van der Waals surface area contributed by atoms with Crippen molar-refractivity contribution in [2.24, 2.45) is 4.99 Å². The third-order valence-electron chi connectivity index (χ3n) is 4.78. The number of nitrogens with two attached hydrogens (primary N) is 1. The number of anilines is 1. The number of hydrogen-bond donors (Lipinski definition) is 3. The lowest BCUT2D eigenvalue weighted by Gasteiger charge is -2.52. The Hall–Kier alpha value is -1.80. The van der Waals surface area contributed by atoms with Crippen LogP contribution in [0.5, 0.6) is 0 Å². The Balaban J connectivity index is 2.54. The molecule has 1 aliphatic heterocycles. The second-order valence-corrected chi connectivity index (χ2v) is 12.2. The number of nitrogens with one attached hydrogen (secondary N) is 1. The van der Waals surface area contributed by atoms with Crippen molar-refractivity contribution in [1.29, 1.82) is 0 Å². The number of alkyl carbamates (subject to hydrolysis) is 1. The lowest BCUT2D eigenvalue weighted by atomic mass is 9.92. The summed E-state index contributed by atoms with van der Waals surface area (Å²) in [5.41, 5.74) is 4.78. The molecule has 0 aromatic heterocycles. The number of aliphatic imine (C=N–C) groups is 1.